The lowest BCUT2D eigenvalue weighted by Crippen LogP contribution is -2.13. The van der Waals surface area contributed by atoms with E-state index in [1.165, 1.54) is 0 Å². The molecule has 0 radical (unpaired) electrons. The van der Waals surface area contributed by atoms with Crippen molar-refractivity contribution >= 4 is 11.7 Å². The first-order valence-corrected chi connectivity index (χ1v) is 6.13. The fourth-order valence-electron chi connectivity index (χ4n) is 1.85. The molecule has 0 aliphatic rings. The van der Waals surface area contributed by atoms with Crippen molar-refractivity contribution in [3.05, 3.63) is 41.2 Å². The van der Waals surface area contributed by atoms with Gasteiger partial charge in [0, 0.05) is 11.3 Å². The summed E-state index contributed by atoms with van der Waals surface area (Å²) in [6.07, 6.45) is 0. The van der Waals surface area contributed by atoms with Gasteiger partial charge in [-0.15, -0.1) is 0 Å². The van der Waals surface area contributed by atoms with Gasteiger partial charge in [-0.3, -0.25) is 0 Å². The first-order valence-electron chi connectivity index (χ1n) is 6.13. The second kappa shape index (κ2) is 5.14. The monoisotopic (exact) mass is 259 g/mol. The molecule has 2 aromatic rings. The maximum Gasteiger partial charge on any atom is 0.357 e. The molecule has 100 valence electrons. The Hall–Kier alpha value is -2.30. The van der Waals surface area contributed by atoms with Crippen LogP contribution in [0.15, 0.2) is 24.3 Å². The predicted molar refractivity (Wildman–Crippen MR) is 73.4 cm³/mol. The Morgan fingerprint density at radius 1 is 1.32 bits per heavy atom. The molecule has 19 heavy (non-hydrogen) atoms. The van der Waals surface area contributed by atoms with Crippen LogP contribution in [0.25, 0.3) is 5.69 Å². The molecule has 2 N–H and O–H groups in total. The van der Waals surface area contributed by atoms with Crippen LogP contribution in [0.5, 0.6) is 0 Å². The van der Waals surface area contributed by atoms with Gasteiger partial charge in [-0.05, 0) is 45.0 Å². The summed E-state index contributed by atoms with van der Waals surface area (Å²) < 4.78 is 6.68. The number of hydrogen-bond donors (Lipinski definition) is 1. The zero-order valence-electron chi connectivity index (χ0n) is 11.3. The lowest BCUT2D eigenvalue weighted by molar-refractivity contribution is 0.0515. The van der Waals surface area contributed by atoms with Crippen LogP contribution in [0.1, 0.15) is 28.7 Å². The van der Waals surface area contributed by atoms with Crippen LogP contribution in [0.3, 0.4) is 0 Å². The number of rotatable bonds is 3. The summed E-state index contributed by atoms with van der Waals surface area (Å²) >= 11 is 0. The van der Waals surface area contributed by atoms with E-state index >= 15 is 0 Å². The van der Waals surface area contributed by atoms with E-state index in [2.05, 4.69) is 5.10 Å². The number of nitrogen functional groups attached to an aromatic ring is 1. The molecule has 5 nitrogen and oxygen atoms in total. The zero-order valence-corrected chi connectivity index (χ0v) is 11.3. The highest BCUT2D eigenvalue weighted by Crippen LogP contribution is 2.19. The van der Waals surface area contributed by atoms with E-state index in [1.807, 2.05) is 26.0 Å². The van der Waals surface area contributed by atoms with Crippen molar-refractivity contribution in [2.75, 3.05) is 12.3 Å². The van der Waals surface area contributed by atoms with Gasteiger partial charge in [0.2, 0.25) is 0 Å². The first kappa shape index (κ1) is 13.1. The van der Waals surface area contributed by atoms with Crippen molar-refractivity contribution in [2.45, 2.75) is 20.8 Å². The molecule has 0 unspecified atom stereocenters. The highest BCUT2D eigenvalue weighted by atomic mass is 16.5. The molecule has 0 saturated carbocycles. The molecular formula is C14H17N3O2. The van der Waals surface area contributed by atoms with Gasteiger partial charge in [-0.2, -0.15) is 5.10 Å². The Kier molecular flexibility index (Phi) is 3.55. The fourth-order valence-corrected chi connectivity index (χ4v) is 1.85. The number of carbonyl (C=O) groups excluding carboxylic acids is 1. The van der Waals surface area contributed by atoms with E-state index < -0.39 is 0 Å². The number of esters is 1. The molecule has 1 aromatic carbocycles. The molecule has 2 rings (SSSR count). The highest BCUT2D eigenvalue weighted by molar-refractivity contribution is 5.90. The normalized spacial score (nSPS) is 10.5. The molecular weight excluding hydrogens is 242 g/mol. The SMILES string of the molecule is CCOC(=O)c1c(C)c(C)nn1-c1ccc(N)cc1. The number of aromatic nitrogens is 2. The average Bonchev–Trinajstić information content (AvgIpc) is 2.67. The van der Waals surface area contributed by atoms with Crippen LogP contribution in [0, 0.1) is 13.8 Å². The van der Waals surface area contributed by atoms with Crippen molar-refractivity contribution in [2.24, 2.45) is 0 Å². The molecule has 1 aromatic heterocycles. The second-order valence-corrected chi connectivity index (χ2v) is 4.28. The van der Waals surface area contributed by atoms with Crippen LogP contribution in [-0.4, -0.2) is 22.4 Å². The summed E-state index contributed by atoms with van der Waals surface area (Å²) in [5.74, 6) is -0.363. The third-order valence-electron chi connectivity index (χ3n) is 2.97. The molecule has 0 saturated heterocycles. The van der Waals surface area contributed by atoms with Gasteiger partial charge in [0.1, 0.15) is 0 Å². The summed E-state index contributed by atoms with van der Waals surface area (Å²) in [7, 11) is 0. The van der Waals surface area contributed by atoms with Gasteiger partial charge in [-0.1, -0.05) is 0 Å². The van der Waals surface area contributed by atoms with Crippen LogP contribution in [0.2, 0.25) is 0 Å². The average molecular weight is 259 g/mol. The number of ether oxygens (including phenoxy) is 1. The molecule has 0 amide bonds. The molecule has 0 aliphatic heterocycles. The Balaban J connectivity index is 2.54. The minimum absolute atomic E-state index is 0.338. The number of nitrogens with zero attached hydrogens (tertiary/aromatic N) is 2. The summed E-state index contributed by atoms with van der Waals surface area (Å²) in [6.45, 7) is 5.85. The molecule has 0 bridgehead atoms. The first-order chi connectivity index (χ1) is 9.04. The third-order valence-corrected chi connectivity index (χ3v) is 2.97. The summed E-state index contributed by atoms with van der Waals surface area (Å²) in [5, 5.41) is 4.39. The lowest BCUT2D eigenvalue weighted by atomic mass is 10.2. The van der Waals surface area contributed by atoms with Gasteiger partial charge >= 0.3 is 5.97 Å². The molecule has 5 heteroatoms. The zero-order chi connectivity index (χ0) is 14.0. The maximum atomic E-state index is 12.0. The van der Waals surface area contributed by atoms with Crippen LogP contribution in [0.4, 0.5) is 5.69 Å². The smallest absolute Gasteiger partial charge is 0.357 e. The van der Waals surface area contributed by atoms with Gasteiger partial charge in [0.05, 0.1) is 18.0 Å². The molecule has 1 heterocycles. The minimum atomic E-state index is -0.363. The predicted octanol–water partition coefficient (Wildman–Crippen LogP) is 2.25. The van der Waals surface area contributed by atoms with Gasteiger partial charge < -0.3 is 10.5 Å². The van der Waals surface area contributed by atoms with Gasteiger partial charge in [0.15, 0.2) is 5.69 Å². The summed E-state index contributed by atoms with van der Waals surface area (Å²) in [4.78, 5) is 12.0. The molecule has 0 atom stereocenters. The van der Waals surface area contributed by atoms with Crippen molar-refractivity contribution in [1.29, 1.82) is 0 Å². The third kappa shape index (κ3) is 2.45. The standard InChI is InChI=1S/C14H17N3O2/c1-4-19-14(18)13-9(2)10(3)16-17(13)12-7-5-11(15)6-8-12/h5-8H,4,15H2,1-3H3. The largest absolute Gasteiger partial charge is 0.461 e. The number of nitrogens with two attached hydrogens (primary N) is 1. The lowest BCUT2D eigenvalue weighted by Gasteiger charge is -2.08. The van der Waals surface area contributed by atoms with Gasteiger partial charge in [-0.25, -0.2) is 9.48 Å². The molecule has 0 spiro atoms. The van der Waals surface area contributed by atoms with E-state index in [0.717, 1.165) is 16.9 Å². The molecule has 0 aliphatic carbocycles. The van der Waals surface area contributed by atoms with E-state index in [-0.39, 0.29) is 5.97 Å². The van der Waals surface area contributed by atoms with Gasteiger partial charge in [0.25, 0.3) is 0 Å². The van der Waals surface area contributed by atoms with E-state index in [0.29, 0.717) is 18.0 Å². The quantitative estimate of drug-likeness (QED) is 0.678. The van der Waals surface area contributed by atoms with E-state index in [4.69, 9.17) is 10.5 Å². The number of aryl methyl sites for hydroxylation is 1. The highest BCUT2D eigenvalue weighted by Gasteiger charge is 2.20. The van der Waals surface area contributed by atoms with Crippen molar-refractivity contribution in [3.63, 3.8) is 0 Å². The van der Waals surface area contributed by atoms with E-state index in [1.54, 1.807) is 23.7 Å². The topological polar surface area (TPSA) is 70.1 Å². The van der Waals surface area contributed by atoms with Crippen LogP contribution < -0.4 is 5.73 Å². The number of carbonyl (C=O) groups is 1. The molecule has 0 fully saturated rings. The Labute approximate surface area is 112 Å². The van der Waals surface area contributed by atoms with Crippen LogP contribution in [-0.2, 0) is 4.74 Å². The summed E-state index contributed by atoms with van der Waals surface area (Å²) in [5.41, 5.74) is 9.21. The number of anilines is 1. The Morgan fingerprint density at radius 3 is 2.53 bits per heavy atom. The van der Waals surface area contributed by atoms with Crippen molar-refractivity contribution < 1.29 is 9.53 Å². The number of benzene rings is 1. The van der Waals surface area contributed by atoms with Crippen molar-refractivity contribution in [1.82, 2.24) is 9.78 Å². The minimum Gasteiger partial charge on any atom is -0.461 e. The maximum absolute atomic E-state index is 12.0. The van der Waals surface area contributed by atoms with Crippen LogP contribution >= 0.6 is 0 Å². The fraction of sp³-hybridized carbons (Fsp3) is 0.286. The Bertz CT molecular complexity index is 600. The van der Waals surface area contributed by atoms with E-state index in [9.17, 15) is 4.79 Å². The number of hydrogen-bond acceptors (Lipinski definition) is 4. The Morgan fingerprint density at radius 2 is 1.95 bits per heavy atom. The second-order valence-electron chi connectivity index (χ2n) is 4.28. The van der Waals surface area contributed by atoms with Crippen molar-refractivity contribution in [3.8, 4) is 5.69 Å². The summed E-state index contributed by atoms with van der Waals surface area (Å²) in [6, 6.07) is 7.20.